The minimum absolute atomic E-state index is 0.323. The number of aldehydes is 1. The van der Waals surface area contributed by atoms with Gasteiger partial charge in [-0.25, -0.2) is 4.98 Å². The van der Waals surface area contributed by atoms with Crippen molar-refractivity contribution < 1.29 is 4.79 Å². The van der Waals surface area contributed by atoms with Crippen LogP contribution in [0.25, 0.3) is 21.9 Å². The Morgan fingerprint density at radius 1 is 0.900 bits per heavy atom. The number of nitrogens with two attached hydrogens (primary N) is 2. The molecular formula is C16H13N3O. The van der Waals surface area contributed by atoms with Gasteiger partial charge in [0.1, 0.15) is 11.6 Å². The summed E-state index contributed by atoms with van der Waals surface area (Å²) in [6.45, 7) is 0. The zero-order valence-corrected chi connectivity index (χ0v) is 10.7. The summed E-state index contributed by atoms with van der Waals surface area (Å²) in [5.41, 5.74) is 13.6. The zero-order valence-electron chi connectivity index (χ0n) is 10.7. The molecular weight excluding hydrogens is 250 g/mol. The summed E-state index contributed by atoms with van der Waals surface area (Å²) in [5, 5.41) is 1.91. The van der Waals surface area contributed by atoms with E-state index in [-0.39, 0.29) is 0 Å². The summed E-state index contributed by atoms with van der Waals surface area (Å²) in [4.78, 5) is 15.6. The number of rotatable bonds is 2. The number of carbonyl (C=O) groups is 1. The first kappa shape index (κ1) is 12.2. The Labute approximate surface area is 116 Å². The first-order valence-electron chi connectivity index (χ1n) is 6.20. The normalized spacial score (nSPS) is 10.6. The number of carbonyl (C=O) groups excluding carboxylic acids is 1. The van der Waals surface area contributed by atoms with Crippen molar-refractivity contribution in [1.29, 1.82) is 0 Å². The summed E-state index contributed by atoms with van der Waals surface area (Å²) in [7, 11) is 0. The van der Waals surface area contributed by atoms with E-state index in [0.29, 0.717) is 22.8 Å². The molecule has 0 aliphatic carbocycles. The van der Waals surface area contributed by atoms with E-state index >= 15 is 0 Å². The molecule has 0 aliphatic rings. The highest BCUT2D eigenvalue weighted by Crippen LogP contribution is 2.32. The van der Waals surface area contributed by atoms with Crippen LogP contribution in [0.3, 0.4) is 0 Å². The zero-order chi connectivity index (χ0) is 14.1. The Morgan fingerprint density at radius 3 is 2.40 bits per heavy atom. The van der Waals surface area contributed by atoms with Gasteiger partial charge in [-0.05, 0) is 28.5 Å². The van der Waals surface area contributed by atoms with Gasteiger partial charge in [-0.2, -0.15) is 0 Å². The van der Waals surface area contributed by atoms with Gasteiger partial charge in [-0.15, -0.1) is 0 Å². The Balaban J connectivity index is 2.33. The molecule has 0 radical (unpaired) electrons. The molecule has 4 heteroatoms. The van der Waals surface area contributed by atoms with E-state index in [1.54, 1.807) is 12.1 Å². The Hall–Kier alpha value is -2.88. The second kappa shape index (κ2) is 4.66. The topological polar surface area (TPSA) is 82.0 Å². The summed E-state index contributed by atoms with van der Waals surface area (Å²) in [6.07, 6.45) is 0.855. The molecule has 0 amide bonds. The van der Waals surface area contributed by atoms with Crippen LogP contribution in [-0.2, 0) is 0 Å². The fraction of sp³-hybridized carbons (Fsp3) is 0. The highest BCUT2D eigenvalue weighted by Gasteiger charge is 2.12. The van der Waals surface area contributed by atoms with Crippen LogP contribution in [0.1, 0.15) is 10.4 Å². The van der Waals surface area contributed by atoms with Gasteiger partial charge in [-0.1, -0.05) is 36.4 Å². The second-order valence-electron chi connectivity index (χ2n) is 4.53. The largest absolute Gasteiger partial charge is 0.384 e. The number of fused-ring (bicyclic) bond motifs is 1. The number of pyridine rings is 1. The number of hydrogen-bond donors (Lipinski definition) is 2. The average molecular weight is 263 g/mol. The molecule has 0 fully saturated rings. The van der Waals surface area contributed by atoms with E-state index in [2.05, 4.69) is 4.98 Å². The first-order chi connectivity index (χ1) is 9.70. The Morgan fingerprint density at radius 2 is 1.65 bits per heavy atom. The third kappa shape index (κ3) is 1.87. The molecule has 2 aromatic carbocycles. The molecule has 0 atom stereocenters. The van der Waals surface area contributed by atoms with Crippen molar-refractivity contribution in [2.45, 2.75) is 0 Å². The van der Waals surface area contributed by atoms with Crippen molar-refractivity contribution >= 4 is 28.7 Å². The van der Waals surface area contributed by atoms with Crippen molar-refractivity contribution in [2.24, 2.45) is 0 Å². The van der Waals surface area contributed by atoms with Crippen LogP contribution in [0.4, 0.5) is 11.6 Å². The predicted molar refractivity (Wildman–Crippen MR) is 81.4 cm³/mol. The lowest BCUT2D eigenvalue weighted by atomic mass is 9.95. The smallest absolute Gasteiger partial charge is 0.151 e. The van der Waals surface area contributed by atoms with Crippen LogP contribution in [0.2, 0.25) is 0 Å². The second-order valence-corrected chi connectivity index (χ2v) is 4.53. The van der Waals surface area contributed by atoms with Crippen LogP contribution in [0.15, 0.2) is 48.5 Å². The standard InChI is InChI=1S/C16H13N3O/c17-15-8-7-13(16(18)19-15)12-6-5-10-3-1-2-4-11(10)14(12)9-20/h1-9H,(H4,17,18,19). The highest BCUT2D eigenvalue weighted by atomic mass is 16.1. The van der Waals surface area contributed by atoms with E-state index in [1.165, 1.54) is 0 Å². The van der Waals surface area contributed by atoms with Crippen molar-refractivity contribution in [3.05, 3.63) is 54.1 Å². The molecule has 1 aromatic heterocycles. The molecule has 1 heterocycles. The minimum atomic E-state index is 0.323. The highest BCUT2D eigenvalue weighted by molar-refractivity contribution is 6.05. The van der Waals surface area contributed by atoms with Crippen LogP contribution in [0.5, 0.6) is 0 Å². The third-order valence-corrected chi connectivity index (χ3v) is 3.32. The number of nitrogens with zero attached hydrogens (tertiary/aromatic N) is 1. The van der Waals surface area contributed by atoms with Gasteiger partial charge in [0.25, 0.3) is 0 Å². The summed E-state index contributed by atoms with van der Waals surface area (Å²) < 4.78 is 0. The number of hydrogen-bond acceptors (Lipinski definition) is 4. The molecule has 0 unspecified atom stereocenters. The Bertz CT molecular complexity index is 812. The summed E-state index contributed by atoms with van der Waals surface area (Å²) in [6, 6.07) is 15.0. The lowest BCUT2D eigenvalue weighted by molar-refractivity contribution is 0.112. The molecule has 0 saturated heterocycles. The molecule has 4 nitrogen and oxygen atoms in total. The van der Waals surface area contributed by atoms with Crippen LogP contribution < -0.4 is 11.5 Å². The van der Waals surface area contributed by atoms with Gasteiger partial charge in [0.05, 0.1) is 0 Å². The van der Waals surface area contributed by atoms with Crippen molar-refractivity contribution in [1.82, 2.24) is 4.98 Å². The third-order valence-electron chi connectivity index (χ3n) is 3.32. The molecule has 0 bridgehead atoms. The maximum atomic E-state index is 11.5. The van der Waals surface area contributed by atoms with Gasteiger partial charge in [-0.3, -0.25) is 4.79 Å². The SMILES string of the molecule is Nc1ccc(-c2ccc3ccccc3c2C=O)c(N)n1. The molecule has 0 spiro atoms. The van der Waals surface area contributed by atoms with Gasteiger partial charge >= 0.3 is 0 Å². The summed E-state index contributed by atoms with van der Waals surface area (Å²) in [5.74, 6) is 0.683. The van der Waals surface area contributed by atoms with E-state index in [9.17, 15) is 4.79 Å². The van der Waals surface area contributed by atoms with Crippen LogP contribution >= 0.6 is 0 Å². The number of nitrogen functional groups attached to an aromatic ring is 2. The van der Waals surface area contributed by atoms with E-state index < -0.39 is 0 Å². The summed E-state index contributed by atoms with van der Waals surface area (Å²) >= 11 is 0. The monoisotopic (exact) mass is 263 g/mol. The molecule has 4 N–H and O–H groups in total. The molecule has 0 aliphatic heterocycles. The van der Waals surface area contributed by atoms with Crippen molar-refractivity contribution in [3.8, 4) is 11.1 Å². The predicted octanol–water partition coefficient (Wildman–Crippen LogP) is 2.88. The minimum Gasteiger partial charge on any atom is -0.384 e. The lowest BCUT2D eigenvalue weighted by Gasteiger charge is -2.10. The molecule has 98 valence electrons. The molecule has 3 rings (SSSR count). The van der Waals surface area contributed by atoms with Gasteiger partial charge in [0.2, 0.25) is 0 Å². The molecule has 20 heavy (non-hydrogen) atoms. The van der Waals surface area contributed by atoms with Crippen molar-refractivity contribution in [2.75, 3.05) is 11.5 Å². The fourth-order valence-electron chi connectivity index (χ4n) is 2.38. The quantitative estimate of drug-likeness (QED) is 0.696. The maximum absolute atomic E-state index is 11.5. The Kier molecular flexibility index (Phi) is 2.84. The van der Waals surface area contributed by atoms with E-state index in [1.807, 2.05) is 36.4 Å². The van der Waals surface area contributed by atoms with Gasteiger partial charge < -0.3 is 11.5 Å². The van der Waals surface area contributed by atoms with Crippen LogP contribution in [0, 0.1) is 0 Å². The van der Waals surface area contributed by atoms with E-state index in [0.717, 1.165) is 22.6 Å². The van der Waals surface area contributed by atoms with Crippen molar-refractivity contribution in [3.63, 3.8) is 0 Å². The number of aromatic nitrogens is 1. The van der Waals surface area contributed by atoms with Crippen LogP contribution in [-0.4, -0.2) is 11.3 Å². The van der Waals surface area contributed by atoms with E-state index in [4.69, 9.17) is 11.5 Å². The van der Waals surface area contributed by atoms with Gasteiger partial charge in [0.15, 0.2) is 6.29 Å². The first-order valence-corrected chi connectivity index (χ1v) is 6.20. The lowest BCUT2D eigenvalue weighted by Crippen LogP contribution is -2.00. The number of benzene rings is 2. The number of anilines is 2. The molecule has 0 saturated carbocycles. The molecule has 3 aromatic rings. The average Bonchev–Trinajstić information content (AvgIpc) is 2.46. The fourth-order valence-corrected chi connectivity index (χ4v) is 2.38. The van der Waals surface area contributed by atoms with Gasteiger partial charge in [0, 0.05) is 11.1 Å². The maximum Gasteiger partial charge on any atom is 0.151 e.